The van der Waals surface area contributed by atoms with Gasteiger partial charge in [0.1, 0.15) is 5.75 Å². The molecule has 0 radical (unpaired) electrons. The molecular weight excluding hydrogens is 352 g/mol. The summed E-state index contributed by atoms with van der Waals surface area (Å²) >= 11 is 10.9. The number of aromatic carboxylic acids is 1. The molecule has 0 saturated carbocycles. The second-order valence-electron chi connectivity index (χ2n) is 4.61. The summed E-state index contributed by atoms with van der Waals surface area (Å²) in [5.41, 5.74) is 0.559. The van der Waals surface area contributed by atoms with Crippen LogP contribution >= 0.6 is 23.8 Å². The number of nitrogens with one attached hydrogen (secondary N) is 2. The van der Waals surface area contributed by atoms with E-state index in [0.29, 0.717) is 16.5 Å². The number of carboxylic acids is 1. The molecule has 0 aromatic heterocycles. The van der Waals surface area contributed by atoms with Crippen LogP contribution < -0.4 is 15.4 Å². The molecule has 1 amide bonds. The van der Waals surface area contributed by atoms with Gasteiger partial charge in [0.25, 0.3) is 5.91 Å². The normalized spacial score (nSPS) is 9.88. The van der Waals surface area contributed by atoms with E-state index in [1.165, 1.54) is 12.1 Å². The zero-order chi connectivity index (χ0) is 17.5. The number of carboxylic acid groups (broad SMARTS) is 1. The summed E-state index contributed by atoms with van der Waals surface area (Å²) in [7, 11) is 0. The van der Waals surface area contributed by atoms with Crippen LogP contribution in [0.2, 0.25) is 5.02 Å². The number of hydrogen-bond donors (Lipinski definition) is 3. The molecule has 0 unspecified atom stereocenters. The van der Waals surface area contributed by atoms with Crippen LogP contribution in [0.5, 0.6) is 5.75 Å². The highest BCUT2D eigenvalue weighted by atomic mass is 35.5. The molecule has 0 aliphatic rings. The molecule has 24 heavy (non-hydrogen) atoms. The van der Waals surface area contributed by atoms with Gasteiger partial charge in [0.2, 0.25) is 0 Å². The van der Waals surface area contributed by atoms with Crippen molar-refractivity contribution in [1.82, 2.24) is 5.32 Å². The number of thiocarbonyl (C=S) groups is 1. The Kier molecular flexibility index (Phi) is 6.11. The van der Waals surface area contributed by atoms with Crippen molar-refractivity contribution in [2.45, 2.75) is 0 Å². The van der Waals surface area contributed by atoms with Gasteiger partial charge in [-0.2, -0.15) is 0 Å². The summed E-state index contributed by atoms with van der Waals surface area (Å²) in [6, 6.07) is 12.8. The van der Waals surface area contributed by atoms with Gasteiger partial charge in [-0.3, -0.25) is 10.1 Å². The molecule has 6 nitrogen and oxygen atoms in total. The van der Waals surface area contributed by atoms with Gasteiger partial charge in [-0.1, -0.05) is 29.8 Å². The first kappa shape index (κ1) is 17.7. The number of para-hydroxylation sites is 1. The highest BCUT2D eigenvalue weighted by Gasteiger charge is 2.09. The average molecular weight is 365 g/mol. The minimum Gasteiger partial charge on any atom is -0.482 e. The number of ether oxygens (including phenoxy) is 1. The van der Waals surface area contributed by atoms with Gasteiger partial charge in [-0.15, -0.1) is 0 Å². The van der Waals surface area contributed by atoms with Crippen LogP contribution in [-0.2, 0) is 4.79 Å². The number of halogens is 1. The molecule has 0 saturated heterocycles. The molecule has 0 bridgehead atoms. The summed E-state index contributed by atoms with van der Waals surface area (Å²) in [5.74, 6) is -1.13. The molecule has 0 aliphatic heterocycles. The summed E-state index contributed by atoms with van der Waals surface area (Å²) in [6.45, 7) is -0.263. The molecule has 0 fully saturated rings. The van der Waals surface area contributed by atoms with Crippen molar-refractivity contribution in [2.24, 2.45) is 0 Å². The van der Waals surface area contributed by atoms with Crippen LogP contribution in [0, 0.1) is 0 Å². The largest absolute Gasteiger partial charge is 0.482 e. The molecule has 2 aromatic rings. The molecule has 2 rings (SSSR count). The third-order valence-electron chi connectivity index (χ3n) is 2.82. The van der Waals surface area contributed by atoms with E-state index >= 15 is 0 Å². The summed E-state index contributed by atoms with van der Waals surface area (Å²) < 4.78 is 5.29. The Morgan fingerprint density at radius 3 is 2.62 bits per heavy atom. The predicted molar refractivity (Wildman–Crippen MR) is 94.7 cm³/mol. The highest BCUT2D eigenvalue weighted by Crippen LogP contribution is 2.22. The number of anilines is 1. The monoisotopic (exact) mass is 364 g/mol. The van der Waals surface area contributed by atoms with Gasteiger partial charge in [0, 0.05) is 5.69 Å². The number of carbonyl (C=O) groups is 2. The van der Waals surface area contributed by atoms with E-state index in [0.717, 1.165) is 0 Å². The topological polar surface area (TPSA) is 87.7 Å². The molecular formula is C16H13ClN2O4S. The summed E-state index contributed by atoms with van der Waals surface area (Å²) in [5, 5.41) is 14.5. The Balaban J connectivity index is 1.86. The third kappa shape index (κ3) is 5.22. The Bertz CT molecular complexity index is 782. The molecule has 0 aliphatic carbocycles. The van der Waals surface area contributed by atoms with E-state index in [9.17, 15) is 9.59 Å². The zero-order valence-corrected chi connectivity index (χ0v) is 13.9. The number of hydrogen-bond acceptors (Lipinski definition) is 4. The fourth-order valence-corrected chi connectivity index (χ4v) is 2.18. The van der Waals surface area contributed by atoms with Crippen LogP contribution in [0.1, 0.15) is 10.4 Å². The van der Waals surface area contributed by atoms with Crippen LogP contribution in [0.15, 0.2) is 48.5 Å². The van der Waals surface area contributed by atoms with Gasteiger partial charge in [-0.25, -0.2) is 4.79 Å². The maximum atomic E-state index is 11.8. The molecule has 2 aromatic carbocycles. The smallest absolute Gasteiger partial charge is 0.335 e. The van der Waals surface area contributed by atoms with E-state index in [1.807, 2.05) is 0 Å². The van der Waals surface area contributed by atoms with Crippen LogP contribution in [0.25, 0.3) is 0 Å². The Morgan fingerprint density at radius 1 is 1.17 bits per heavy atom. The van der Waals surface area contributed by atoms with Crippen LogP contribution in [0.4, 0.5) is 5.69 Å². The SMILES string of the molecule is O=C(COc1ccccc1Cl)NC(=S)Nc1cccc(C(=O)O)c1. The Labute approximate surface area is 148 Å². The minimum absolute atomic E-state index is 0.0327. The third-order valence-corrected chi connectivity index (χ3v) is 3.33. The van der Waals surface area contributed by atoms with Crippen molar-refractivity contribution in [2.75, 3.05) is 11.9 Å². The van der Waals surface area contributed by atoms with Gasteiger partial charge in [0.15, 0.2) is 11.7 Å². The van der Waals surface area contributed by atoms with Crippen LogP contribution in [0.3, 0.4) is 0 Å². The van der Waals surface area contributed by atoms with E-state index in [1.54, 1.807) is 36.4 Å². The van der Waals surface area contributed by atoms with Crippen molar-refractivity contribution in [3.05, 3.63) is 59.1 Å². The van der Waals surface area contributed by atoms with E-state index in [4.69, 9.17) is 33.7 Å². The van der Waals surface area contributed by atoms with Gasteiger partial charge in [-0.05, 0) is 42.5 Å². The fourth-order valence-electron chi connectivity index (χ4n) is 1.76. The van der Waals surface area contributed by atoms with Crippen molar-refractivity contribution >= 4 is 46.5 Å². The number of carbonyl (C=O) groups excluding carboxylic acids is 1. The minimum atomic E-state index is -1.05. The molecule has 8 heteroatoms. The number of rotatable bonds is 5. The van der Waals surface area contributed by atoms with Crippen molar-refractivity contribution in [3.8, 4) is 5.75 Å². The Morgan fingerprint density at radius 2 is 1.92 bits per heavy atom. The summed E-state index contributed by atoms with van der Waals surface area (Å²) in [4.78, 5) is 22.7. The second kappa shape index (κ2) is 8.28. The fraction of sp³-hybridized carbons (Fsp3) is 0.0625. The first-order chi connectivity index (χ1) is 11.5. The first-order valence-corrected chi connectivity index (χ1v) is 7.56. The van der Waals surface area contributed by atoms with E-state index in [-0.39, 0.29) is 17.3 Å². The summed E-state index contributed by atoms with van der Waals surface area (Å²) in [6.07, 6.45) is 0. The van der Waals surface area contributed by atoms with E-state index in [2.05, 4.69) is 10.6 Å². The van der Waals surface area contributed by atoms with Gasteiger partial charge in [0.05, 0.1) is 10.6 Å². The maximum absolute atomic E-state index is 11.8. The average Bonchev–Trinajstić information content (AvgIpc) is 2.54. The van der Waals surface area contributed by atoms with Crippen molar-refractivity contribution in [1.29, 1.82) is 0 Å². The molecule has 0 atom stereocenters. The quantitative estimate of drug-likeness (QED) is 0.707. The van der Waals surface area contributed by atoms with E-state index < -0.39 is 11.9 Å². The molecule has 0 spiro atoms. The molecule has 0 heterocycles. The van der Waals surface area contributed by atoms with Gasteiger partial charge >= 0.3 is 5.97 Å². The van der Waals surface area contributed by atoms with Crippen LogP contribution in [-0.4, -0.2) is 28.7 Å². The van der Waals surface area contributed by atoms with Gasteiger partial charge < -0.3 is 15.2 Å². The standard InChI is InChI=1S/C16H13ClN2O4S/c17-12-6-1-2-7-13(12)23-9-14(20)19-16(24)18-11-5-3-4-10(8-11)15(21)22/h1-8H,9H2,(H,21,22)(H2,18,19,20,24). The number of benzene rings is 2. The lowest BCUT2D eigenvalue weighted by Gasteiger charge is -2.11. The lowest BCUT2D eigenvalue weighted by Crippen LogP contribution is -2.37. The maximum Gasteiger partial charge on any atom is 0.335 e. The number of amides is 1. The van der Waals surface area contributed by atoms with Crippen molar-refractivity contribution in [3.63, 3.8) is 0 Å². The molecule has 3 N–H and O–H groups in total. The lowest BCUT2D eigenvalue weighted by atomic mass is 10.2. The zero-order valence-electron chi connectivity index (χ0n) is 12.3. The highest BCUT2D eigenvalue weighted by molar-refractivity contribution is 7.80. The second-order valence-corrected chi connectivity index (χ2v) is 5.42. The lowest BCUT2D eigenvalue weighted by molar-refractivity contribution is -0.121. The van der Waals surface area contributed by atoms with Crippen molar-refractivity contribution < 1.29 is 19.4 Å². The first-order valence-electron chi connectivity index (χ1n) is 6.77. The Hall–Kier alpha value is -2.64. The predicted octanol–water partition coefficient (Wildman–Crippen LogP) is 2.93. The molecule has 124 valence electrons.